The smallest absolute Gasteiger partial charge is 0.416 e. The van der Waals surface area contributed by atoms with Gasteiger partial charge in [0.05, 0.1) is 30.3 Å². The molecule has 0 bridgehead atoms. The number of amides is 1. The van der Waals surface area contributed by atoms with Gasteiger partial charge in [-0.25, -0.2) is 4.98 Å². The molecule has 4 aromatic rings. The number of ether oxygens (including phenoxy) is 2. The summed E-state index contributed by atoms with van der Waals surface area (Å²) in [6.07, 6.45) is -4.50. The Morgan fingerprint density at radius 3 is 2.42 bits per heavy atom. The molecule has 0 aliphatic carbocycles. The van der Waals surface area contributed by atoms with Crippen molar-refractivity contribution in [3.63, 3.8) is 0 Å². The van der Waals surface area contributed by atoms with Crippen LogP contribution in [0.15, 0.2) is 66.7 Å². The van der Waals surface area contributed by atoms with Crippen LogP contribution in [0.3, 0.4) is 0 Å². The topological polar surface area (TPSA) is 65.4 Å². The lowest BCUT2D eigenvalue weighted by molar-refractivity contribution is -0.138. The number of nitrogens with zero attached hydrogens (tertiary/aromatic N) is 2. The van der Waals surface area contributed by atoms with Crippen molar-refractivity contribution in [2.45, 2.75) is 39.2 Å². The molecular weight excluding hydrogens is 471 g/mol. The van der Waals surface area contributed by atoms with Gasteiger partial charge in [-0.1, -0.05) is 30.3 Å². The second-order valence-corrected chi connectivity index (χ2v) is 8.54. The van der Waals surface area contributed by atoms with Gasteiger partial charge in [-0.3, -0.25) is 4.79 Å². The Balaban J connectivity index is 1.76. The maximum atomic E-state index is 13.7. The summed E-state index contributed by atoms with van der Waals surface area (Å²) in [5, 5.41) is 2.83. The van der Waals surface area contributed by atoms with E-state index in [1.54, 1.807) is 53.1 Å². The van der Waals surface area contributed by atoms with Crippen molar-refractivity contribution < 1.29 is 27.4 Å². The number of imidazole rings is 1. The molecule has 9 heteroatoms. The first-order valence-corrected chi connectivity index (χ1v) is 11.4. The Kier molecular flexibility index (Phi) is 7.19. The fourth-order valence-electron chi connectivity index (χ4n) is 3.94. The van der Waals surface area contributed by atoms with Gasteiger partial charge in [-0.05, 0) is 55.8 Å². The van der Waals surface area contributed by atoms with Gasteiger partial charge in [0.2, 0.25) is 0 Å². The Morgan fingerprint density at radius 1 is 1.03 bits per heavy atom. The fourth-order valence-corrected chi connectivity index (χ4v) is 3.94. The second kappa shape index (κ2) is 10.3. The largest absolute Gasteiger partial charge is 0.493 e. The number of para-hydroxylation sites is 2. The highest BCUT2D eigenvalue weighted by molar-refractivity contribution is 5.97. The van der Waals surface area contributed by atoms with Crippen molar-refractivity contribution >= 4 is 16.9 Å². The van der Waals surface area contributed by atoms with Crippen LogP contribution in [0.25, 0.3) is 11.0 Å². The number of fused-ring (bicyclic) bond motifs is 1. The van der Waals surface area contributed by atoms with Crippen molar-refractivity contribution in [1.29, 1.82) is 0 Å². The predicted molar refractivity (Wildman–Crippen MR) is 130 cm³/mol. The maximum Gasteiger partial charge on any atom is 0.416 e. The molecule has 1 amide bonds. The van der Waals surface area contributed by atoms with E-state index < -0.39 is 11.7 Å². The number of carbonyl (C=O) groups excluding carboxylic acids is 1. The highest BCUT2D eigenvalue weighted by Gasteiger charge is 2.33. The van der Waals surface area contributed by atoms with Crippen LogP contribution in [-0.2, 0) is 19.3 Å². The molecule has 1 heterocycles. The average molecular weight is 498 g/mol. The number of aromatic nitrogens is 2. The number of nitrogens with one attached hydrogen (secondary N) is 1. The number of carbonyl (C=O) groups is 1. The molecule has 0 saturated heterocycles. The summed E-state index contributed by atoms with van der Waals surface area (Å²) in [4.78, 5) is 17.1. The fraction of sp³-hybridized carbons (Fsp3) is 0.259. The zero-order valence-corrected chi connectivity index (χ0v) is 20.1. The van der Waals surface area contributed by atoms with Crippen molar-refractivity contribution in [1.82, 2.24) is 14.9 Å². The van der Waals surface area contributed by atoms with Crippen LogP contribution in [-0.4, -0.2) is 28.6 Å². The van der Waals surface area contributed by atoms with Crippen molar-refractivity contribution in [2.75, 3.05) is 7.11 Å². The number of alkyl halides is 3. The molecule has 0 radical (unpaired) electrons. The van der Waals surface area contributed by atoms with Gasteiger partial charge in [0, 0.05) is 11.6 Å². The van der Waals surface area contributed by atoms with Crippen LogP contribution in [0.1, 0.15) is 41.2 Å². The Bertz CT molecular complexity index is 1380. The van der Waals surface area contributed by atoms with E-state index in [4.69, 9.17) is 9.47 Å². The molecule has 3 aromatic carbocycles. The number of hydrogen-bond acceptors (Lipinski definition) is 4. The molecule has 0 aliphatic rings. The van der Waals surface area contributed by atoms with Gasteiger partial charge >= 0.3 is 6.18 Å². The molecule has 1 aromatic heterocycles. The van der Waals surface area contributed by atoms with E-state index in [1.807, 2.05) is 13.8 Å². The average Bonchev–Trinajstić information content (AvgIpc) is 3.18. The van der Waals surface area contributed by atoms with Crippen molar-refractivity contribution in [3.8, 4) is 11.5 Å². The molecule has 4 rings (SSSR count). The van der Waals surface area contributed by atoms with Crippen LogP contribution >= 0.6 is 0 Å². The third kappa shape index (κ3) is 5.45. The minimum absolute atomic E-state index is 0.0171. The number of halogens is 3. The second-order valence-electron chi connectivity index (χ2n) is 8.54. The molecule has 0 spiro atoms. The van der Waals surface area contributed by atoms with Crippen LogP contribution < -0.4 is 14.8 Å². The van der Waals surface area contributed by atoms with Gasteiger partial charge in [-0.15, -0.1) is 0 Å². The number of methoxy groups -OCH3 is 1. The van der Waals surface area contributed by atoms with Crippen molar-refractivity contribution in [3.05, 3.63) is 89.2 Å². The number of rotatable bonds is 8. The van der Waals surface area contributed by atoms with Gasteiger partial charge in [-0.2, -0.15) is 13.2 Å². The first-order valence-electron chi connectivity index (χ1n) is 11.4. The summed E-state index contributed by atoms with van der Waals surface area (Å²) in [6.45, 7) is 3.62. The summed E-state index contributed by atoms with van der Waals surface area (Å²) in [6, 6.07) is 17.4. The van der Waals surface area contributed by atoms with Gasteiger partial charge in [0.25, 0.3) is 5.91 Å². The molecule has 188 valence electrons. The van der Waals surface area contributed by atoms with Gasteiger partial charge in [0.1, 0.15) is 12.4 Å². The molecule has 0 saturated carbocycles. The zero-order valence-electron chi connectivity index (χ0n) is 20.1. The molecule has 0 aliphatic heterocycles. The van der Waals surface area contributed by atoms with E-state index in [-0.39, 0.29) is 30.7 Å². The van der Waals surface area contributed by atoms with E-state index in [0.717, 1.165) is 6.07 Å². The molecule has 0 fully saturated rings. The lowest BCUT2D eigenvalue weighted by atomic mass is 10.1. The number of benzene rings is 3. The quantitative estimate of drug-likeness (QED) is 0.333. The Labute approximate surface area is 206 Å². The standard InChI is InChI=1S/C27H26F3N3O3/c1-17(2)31-26(34)18-12-13-22-21(14-18)32-25(16-36-24-11-7-6-10-23(24)35-3)33(22)15-19-8-4-5-9-20(19)27(28,29)30/h4-14,17H,15-16H2,1-3H3,(H,31,34). The van der Waals surface area contributed by atoms with Gasteiger partial charge < -0.3 is 19.4 Å². The van der Waals surface area contributed by atoms with Crippen LogP contribution in [0, 0.1) is 0 Å². The molecule has 6 nitrogen and oxygen atoms in total. The molecule has 0 unspecified atom stereocenters. The zero-order chi connectivity index (χ0) is 25.9. The third-order valence-corrected chi connectivity index (χ3v) is 5.59. The number of hydrogen-bond donors (Lipinski definition) is 1. The van der Waals surface area contributed by atoms with Crippen LogP contribution in [0.2, 0.25) is 0 Å². The van der Waals surface area contributed by atoms with Gasteiger partial charge in [0.15, 0.2) is 11.5 Å². The van der Waals surface area contributed by atoms with E-state index in [1.165, 1.54) is 19.2 Å². The van der Waals surface area contributed by atoms with Crippen LogP contribution in [0.4, 0.5) is 13.2 Å². The SMILES string of the molecule is COc1ccccc1OCc1nc2cc(C(=O)NC(C)C)ccc2n1Cc1ccccc1C(F)(F)F. The minimum atomic E-state index is -4.50. The lowest BCUT2D eigenvalue weighted by Gasteiger charge is -2.16. The third-order valence-electron chi connectivity index (χ3n) is 5.59. The highest BCUT2D eigenvalue weighted by Crippen LogP contribution is 2.33. The highest BCUT2D eigenvalue weighted by atomic mass is 19.4. The summed E-state index contributed by atoms with van der Waals surface area (Å²) in [5.41, 5.74) is 0.871. The predicted octanol–water partition coefficient (Wildman–Crippen LogP) is 5.83. The Morgan fingerprint density at radius 2 is 1.72 bits per heavy atom. The molecule has 36 heavy (non-hydrogen) atoms. The summed E-state index contributed by atoms with van der Waals surface area (Å²) in [5.74, 6) is 1.16. The van der Waals surface area contributed by atoms with E-state index in [2.05, 4.69) is 10.3 Å². The lowest BCUT2D eigenvalue weighted by Crippen LogP contribution is -2.29. The van der Waals surface area contributed by atoms with E-state index >= 15 is 0 Å². The summed E-state index contributed by atoms with van der Waals surface area (Å²) < 4.78 is 54.0. The van der Waals surface area contributed by atoms with E-state index in [9.17, 15) is 18.0 Å². The van der Waals surface area contributed by atoms with Crippen LogP contribution in [0.5, 0.6) is 11.5 Å². The first-order chi connectivity index (χ1) is 17.2. The van der Waals surface area contributed by atoms with E-state index in [0.29, 0.717) is 33.9 Å². The molecule has 0 atom stereocenters. The monoisotopic (exact) mass is 497 g/mol. The molecule has 1 N–H and O–H groups in total. The molecular formula is C27H26F3N3O3. The first kappa shape index (κ1) is 25.1. The normalized spacial score (nSPS) is 11.6. The Hall–Kier alpha value is -4.01. The summed E-state index contributed by atoms with van der Waals surface area (Å²) in [7, 11) is 1.52. The maximum absolute atomic E-state index is 13.7. The van der Waals surface area contributed by atoms with Crippen molar-refractivity contribution in [2.24, 2.45) is 0 Å². The minimum Gasteiger partial charge on any atom is -0.493 e. The summed E-state index contributed by atoms with van der Waals surface area (Å²) >= 11 is 0.